The monoisotopic (exact) mass is 517 g/mol. The van der Waals surface area contributed by atoms with E-state index in [1.165, 1.54) is 11.3 Å². The number of fused-ring (bicyclic) bond motifs is 1. The first kappa shape index (κ1) is 23.6. The fourth-order valence-electron chi connectivity index (χ4n) is 4.28. The Labute approximate surface area is 223 Å². The minimum atomic E-state index is -0.174. The van der Waals surface area contributed by atoms with E-state index >= 15 is 0 Å². The van der Waals surface area contributed by atoms with E-state index in [-0.39, 0.29) is 18.4 Å². The Kier molecular flexibility index (Phi) is 6.61. The largest absolute Gasteiger partial charge is 0.482 e. The van der Waals surface area contributed by atoms with Crippen LogP contribution in [-0.2, 0) is 4.79 Å². The summed E-state index contributed by atoms with van der Waals surface area (Å²) in [5.74, 6) is 0.416. The number of pyridine rings is 1. The molecule has 5 aromatic rings. The molecule has 0 radical (unpaired) electrons. The van der Waals surface area contributed by atoms with Gasteiger partial charge in [-0.3, -0.25) is 9.78 Å². The van der Waals surface area contributed by atoms with Gasteiger partial charge < -0.3 is 10.1 Å². The molecule has 0 spiro atoms. The van der Waals surface area contributed by atoms with Gasteiger partial charge in [-0.05, 0) is 41.5 Å². The summed E-state index contributed by atoms with van der Waals surface area (Å²) in [5, 5.41) is 9.89. The minimum absolute atomic E-state index is 0.0175. The van der Waals surface area contributed by atoms with Crippen LogP contribution in [0.4, 0.5) is 11.4 Å². The summed E-state index contributed by atoms with van der Waals surface area (Å²) < 4.78 is 7.38. The fraction of sp³-hybridized carbons (Fsp3) is 0.0667. The molecule has 1 amide bonds. The highest BCUT2D eigenvalue weighted by molar-refractivity contribution is 7.07. The molecule has 3 heterocycles. The average molecular weight is 518 g/mol. The van der Waals surface area contributed by atoms with E-state index < -0.39 is 0 Å². The van der Waals surface area contributed by atoms with Crippen molar-refractivity contribution in [1.82, 2.24) is 9.66 Å². The zero-order valence-corrected chi connectivity index (χ0v) is 21.1. The molecule has 0 unspecified atom stereocenters. The number of rotatable bonds is 6. The number of carbonyl (C=O) groups is 1. The number of aromatic nitrogens is 2. The molecule has 0 aliphatic carbocycles. The molecule has 0 fully saturated rings. The third kappa shape index (κ3) is 5.02. The number of ether oxygens (including phenoxy) is 1. The van der Waals surface area contributed by atoms with Gasteiger partial charge in [-0.2, -0.15) is 5.10 Å². The summed E-state index contributed by atoms with van der Waals surface area (Å²) in [6.07, 6.45) is 5.39. The highest BCUT2D eigenvalue weighted by Gasteiger charge is 2.18. The normalized spacial score (nSPS) is 13.4. The van der Waals surface area contributed by atoms with E-state index in [9.17, 15) is 4.79 Å². The van der Waals surface area contributed by atoms with Crippen LogP contribution in [0.2, 0.25) is 0 Å². The summed E-state index contributed by atoms with van der Waals surface area (Å²) in [4.78, 5) is 21.6. The molecule has 38 heavy (non-hydrogen) atoms. The first-order chi connectivity index (χ1) is 18.7. The molecular weight excluding hydrogens is 494 g/mol. The first-order valence-electron chi connectivity index (χ1n) is 12.1. The van der Waals surface area contributed by atoms with Gasteiger partial charge in [-0.25, -0.2) is 9.67 Å². The lowest BCUT2D eigenvalue weighted by Crippen LogP contribution is -2.25. The lowest BCUT2D eigenvalue weighted by Gasteiger charge is -2.18. The fourth-order valence-corrected chi connectivity index (χ4v) is 5.13. The van der Waals surface area contributed by atoms with Gasteiger partial charge in [0, 0.05) is 29.3 Å². The van der Waals surface area contributed by atoms with Gasteiger partial charge in [0.2, 0.25) is 4.80 Å². The summed E-state index contributed by atoms with van der Waals surface area (Å²) in [6, 6.07) is 30.1. The predicted molar refractivity (Wildman–Crippen MR) is 150 cm³/mol. The molecular formula is C30H23N5O2S. The molecule has 0 saturated heterocycles. The molecule has 0 bridgehead atoms. The maximum absolute atomic E-state index is 11.9. The topological polar surface area (TPSA) is 80.9 Å². The van der Waals surface area contributed by atoms with Crippen LogP contribution in [0.25, 0.3) is 11.3 Å². The number of benzene rings is 3. The van der Waals surface area contributed by atoms with Gasteiger partial charge in [-0.15, -0.1) is 11.3 Å². The van der Waals surface area contributed by atoms with E-state index in [4.69, 9.17) is 14.8 Å². The number of amides is 1. The van der Waals surface area contributed by atoms with Crippen LogP contribution in [0.15, 0.2) is 119 Å². The Morgan fingerprint density at radius 2 is 1.74 bits per heavy atom. The first-order valence-corrected chi connectivity index (χ1v) is 13.0. The van der Waals surface area contributed by atoms with Crippen LogP contribution in [0.5, 0.6) is 5.75 Å². The number of hydrogen-bond acceptors (Lipinski definition) is 6. The second kappa shape index (κ2) is 10.7. The molecule has 0 saturated carbocycles. The maximum Gasteiger partial charge on any atom is 0.262 e. The lowest BCUT2D eigenvalue weighted by atomic mass is 9.92. The number of nitrogens with one attached hydrogen (secondary N) is 1. The van der Waals surface area contributed by atoms with Crippen molar-refractivity contribution in [3.05, 3.63) is 125 Å². The van der Waals surface area contributed by atoms with E-state index in [2.05, 4.69) is 34.6 Å². The second-order valence-corrected chi connectivity index (χ2v) is 9.49. The van der Waals surface area contributed by atoms with Crippen LogP contribution in [0.3, 0.4) is 0 Å². The maximum atomic E-state index is 11.9. The predicted octanol–water partition coefficient (Wildman–Crippen LogP) is 5.84. The van der Waals surface area contributed by atoms with Crippen molar-refractivity contribution in [3.63, 3.8) is 0 Å². The zero-order valence-electron chi connectivity index (χ0n) is 20.3. The SMILES string of the molecule is O=C1COc2ccc(-c3csc(=Nc4cccnc4)n3N=CC(c3ccccc3)c3ccccc3)cc2N1. The molecule has 2 aromatic heterocycles. The number of thiazole rings is 1. The van der Waals surface area contributed by atoms with E-state index in [1.54, 1.807) is 12.4 Å². The van der Waals surface area contributed by atoms with Crippen LogP contribution in [0, 0.1) is 0 Å². The van der Waals surface area contributed by atoms with Crippen molar-refractivity contribution in [2.45, 2.75) is 5.92 Å². The van der Waals surface area contributed by atoms with Crippen molar-refractivity contribution in [3.8, 4) is 17.0 Å². The molecule has 7 nitrogen and oxygen atoms in total. The third-order valence-electron chi connectivity index (χ3n) is 6.11. The molecule has 186 valence electrons. The van der Waals surface area contributed by atoms with Gasteiger partial charge in [0.05, 0.1) is 23.3 Å². The Morgan fingerprint density at radius 3 is 2.45 bits per heavy atom. The van der Waals surface area contributed by atoms with Gasteiger partial charge in [-0.1, -0.05) is 60.7 Å². The Bertz CT molecular complexity index is 1620. The van der Waals surface area contributed by atoms with E-state index in [1.807, 2.05) is 83.0 Å². The molecule has 8 heteroatoms. The van der Waals surface area contributed by atoms with E-state index in [0.29, 0.717) is 16.2 Å². The second-order valence-electron chi connectivity index (χ2n) is 8.65. The van der Waals surface area contributed by atoms with Crippen LogP contribution < -0.4 is 14.9 Å². The molecule has 1 aliphatic rings. The minimum Gasteiger partial charge on any atom is -0.482 e. The molecule has 1 aliphatic heterocycles. The van der Waals surface area contributed by atoms with Gasteiger partial charge in [0.25, 0.3) is 5.91 Å². The molecule has 3 aromatic carbocycles. The lowest BCUT2D eigenvalue weighted by molar-refractivity contribution is -0.118. The smallest absolute Gasteiger partial charge is 0.262 e. The number of carbonyl (C=O) groups excluding carboxylic acids is 1. The van der Waals surface area contributed by atoms with Crippen molar-refractivity contribution < 1.29 is 9.53 Å². The number of nitrogens with zero attached hydrogens (tertiary/aromatic N) is 4. The Balaban J connectivity index is 1.48. The zero-order chi connectivity index (χ0) is 25.7. The Hall–Kier alpha value is -4.82. The summed E-state index contributed by atoms with van der Waals surface area (Å²) in [7, 11) is 0. The Morgan fingerprint density at radius 1 is 0.974 bits per heavy atom. The summed E-state index contributed by atoms with van der Waals surface area (Å²) in [6.45, 7) is 0.0175. The van der Waals surface area contributed by atoms with Crippen molar-refractivity contribution in [2.24, 2.45) is 10.1 Å². The molecule has 1 N–H and O–H groups in total. The third-order valence-corrected chi connectivity index (χ3v) is 6.93. The van der Waals surface area contributed by atoms with Gasteiger partial charge in [0.15, 0.2) is 6.61 Å². The van der Waals surface area contributed by atoms with Crippen molar-refractivity contribution in [2.75, 3.05) is 11.9 Å². The molecule has 0 atom stereocenters. The van der Waals surface area contributed by atoms with Gasteiger partial charge >= 0.3 is 0 Å². The summed E-state index contributed by atoms with van der Waals surface area (Å²) in [5.41, 5.74) is 5.37. The van der Waals surface area contributed by atoms with E-state index in [0.717, 1.165) is 28.1 Å². The van der Waals surface area contributed by atoms with Crippen molar-refractivity contribution in [1.29, 1.82) is 0 Å². The highest BCUT2D eigenvalue weighted by atomic mass is 32.1. The standard InChI is InChI=1S/C30H23N5O2S/c36-29-19-37-28-14-13-23(16-26(28)34-29)27-20-38-30(33-24-12-7-15-31-17-24)35(27)32-18-25(21-8-3-1-4-9-21)22-10-5-2-6-11-22/h1-18,20,25H,19H2,(H,34,36). The number of anilines is 1. The van der Waals surface area contributed by atoms with Gasteiger partial charge in [0.1, 0.15) is 5.75 Å². The quantitative estimate of drug-likeness (QED) is 0.287. The molecule has 6 rings (SSSR count). The number of hydrogen-bond donors (Lipinski definition) is 1. The van der Waals surface area contributed by atoms with Crippen LogP contribution in [-0.4, -0.2) is 28.4 Å². The van der Waals surface area contributed by atoms with Crippen LogP contribution in [0.1, 0.15) is 17.0 Å². The summed E-state index contributed by atoms with van der Waals surface area (Å²) >= 11 is 1.48. The highest BCUT2D eigenvalue weighted by Crippen LogP contribution is 2.33. The van der Waals surface area contributed by atoms with Crippen LogP contribution >= 0.6 is 11.3 Å². The van der Waals surface area contributed by atoms with Crippen molar-refractivity contribution >= 4 is 34.8 Å². The average Bonchev–Trinajstić information content (AvgIpc) is 3.36.